The fourth-order valence-electron chi connectivity index (χ4n) is 1.66. The second kappa shape index (κ2) is 7.73. The molecular formula is C15H21FN2O3. The zero-order valence-electron chi connectivity index (χ0n) is 12.4. The van der Waals surface area contributed by atoms with Crippen LogP contribution in [0.25, 0.3) is 0 Å². The minimum atomic E-state index is -1.11. The summed E-state index contributed by atoms with van der Waals surface area (Å²) in [5, 5.41) is 14.5. The van der Waals surface area contributed by atoms with Gasteiger partial charge in [0.25, 0.3) is 0 Å². The van der Waals surface area contributed by atoms with Crippen LogP contribution in [-0.4, -0.2) is 29.6 Å². The maximum absolute atomic E-state index is 13.6. The molecule has 1 rings (SSSR count). The summed E-state index contributed by atoms with van der Waals surface area (Å²) in [4.78, 5) is 22.6. The molecule has 1 unspecified atom stereocenters. The average molecular weight is 296 g/mol. The zero-order chi connectivity index (χ0) is 16.0. The fourth-order valence-corrected chi connectivity index (χ4v) is 1.66. The molecule has 1 aromatic carbocycles. The Morgan fingerprint density at radius 1 is 1.29 bits per heavy atom. The Morgan fingerprint density at radius 2 is 1.95 bits per heavy atom. The van der Waals surface area contributed by atoms with Crippen LogP contribution in [0.3, 0.4) is 0 Å². The number of benzene rings is 1. The third-order valence-electron chi connectivity index (χ3n) is 2.97. The molecule has 0 saturated carbocycles. The highest BCUT2D eigenvalue weighted by Crippen LogP contribution is 2.11. The summed E-state index contributed by atoms with van der Waals surface area (Å²) >= 11 is 0. The summed E-state index contributed by atoms with van der Waals surface area (Å²) in [6.07, 6.45) is 0. The highest BCUT2D eigenvalue weighted by molar-refractivity contribution is 5.87. The Balaban J connectivity index is 2.60. The number of rotatable bonds is 7. The van der Waals surface area contributed by atoms with Gasteiger partial charge in [0.05, 0.1) is 11.6 Å². The minimum Gasteiger partial charge on any atom is -0.478 e. The lowest BCUT2D eigenvalue weighted by Gasteiger charge is -2.15. The molecular weight excluding hydrogens is 275 g/mol. The molecule has 0 spiro atoms. The topological polar surface area (TPSA) is 78.4 Å². The first kappa shape index (κ1) is 17.1. The molecule has 3 N–H and O–H groups in total. The number of hydrogen-bond acceptors (Lipinski definition) is 3. The van der Waals surface area contributed by atoms with E-state index in [0.29, 0.717) is 12.5 Å². The molecule has 21 heavy (non-hydrogen) atoms. The molecule has 6 heteroatoms. The summed E-state index contributed by atoms with van der Waals surface area (Å²) < 4.78 is 13.6. The van der Waals surface area contributed by atoms with E-state index in [1.165, 1.54) is 12.1 Å². The first-order valence-corrected chi connectivity index (χ1v) is 6.84. The number of amides is 1. The molecule has 0 heterocycles. The first-order chi connectivity index (χ1) is 9.81. The number of carboxylic acid groups (broad SMARTS) is 1. The lowest BCUT2D eigenvalue weighted by molar-refractivity contribution is -0.122. The molecule has 1 aromatic rings. The van der Waals surface area contributed by atoms with Gasteiger partial charge in [0.15, 0.2) is 0 Å². The summed E-state index contributed by atoms with van der Waals surface area (Å²) in [5.41, 5.74) is 0.239. The molecule has 0 aromatic heterocycles. The third kappa shape index (κ3) is 5.51. The van der Waals surface area contributed by atoms with Crippen LogP contribution < -0.4 is 10.6 Å². The Labute approximate surface area is 123 Å². The van der Waals surface area contributed by atoms with Crippen molar-refractivity contribution in [3.05, 3.63) is 35.1 Å². The predicted octanol–water partition coefficient (Wildman–Crippen LogP) is 1.77. The van der Waals surface area contributed by atoms with Crippen LogP contribution in [0.15, 0.2) is 18.2 Å². The fraction of sp³-hybridized carbons (Fsp3) is 0.467. The van der Waals surface area contributed by atoms with Gasteiger partial charge >= 0.3 is 5.97 Å². The number of carboxylic acids is 1. The average Bonchev–Trinajstić information content (AvgIpc) is 2.43. The number of carbonyl (C=O) groups excluding carboxylic acids is 1. The zero-order valence-corrected chi connectivity index (χ0v) is 12.4. The van der Waals surface area contributed by atoms with Gasteiger partial charge in [-0.1, -0.05) is 13.8 Å². The minimum absolute atomic E-state index is 0.0186. The lowest BCUT2D eigenvalue weighted by atomic mass is 10.1. The van der Waals surface area contributed by atoms with Crippen LogP contribution in [-0.2, 0) is 11.3 Å². The normalized spacial score (nSPS) is 12.2. The van der Waals surface area contributed by atoms with Gasteiger partial charge in [-0.3, -0.25) is 4.79 Å². The molecule has 5 nitrogen and oxygen atoms in total. The summed E-state index contributed by atoms with van der Waals surface area (Å²) in [6, 6.07) is 3.10. The van der Waals surface area contributed by atoms with Gasteiger partial charge in [-0.15, -0.1) is 0 Å². The van der Waals surface area contributed by atoms with Crippen molar-refractivity contribution in [1.82, 2.24) is 10.6 Å². The van der Waals surface area contributed by atoms with E-state index in [0.717, 1.165) is 6.07 Å². The summed E-state index contributed by atoms with van der Waals surface area (Å²) in [5.74, 6) is -1.43. The van der Waals surface area contributed by atoms with Gasteiger partial charge < -0.3 is 15.7 Å². The first-order valence-electron chi connectivity index (χ1n) is 6.84. The molecule has 0 radical (unpaired) electrons. The van der Waals surface area contributed by atoms with E-state index in [1.807, 2.05) is 13.8 Å². The van der Waals surface area contributed by atoms with E-state index in [9.17, 15) is 14.0 Å². The molecule has 116 valence electrons. The molecule has 1 amide bonds. The molecule has 0 saturated heterocycles. The van der Waals surface area contributed by atoms with Gasteiger partial charge in [0.2, 0.25) is 5.91 Å². The third-order valence-corrected chi connectivity index (χ3v) is 2.97. The SMILES string of the molecule is CC(C)CNC(=O)C(C)NCc1cc(C(=O)O)ccc1F. The van der Waals surface area contributed by atoms with Crippen molar-refractivity contribution in [3.63, 3.8) is 0 Å². The molecule has 0 aliphatic rings. The smallest absolute Gasteiger partial charge is 0.335 e. The second-order valence-corrected chi connectivity index (χ2v) is 5.35. The Morgan fingerprint density at radius 3 is 2.52 bits per heavy atom. The molecule has 0 fully saturated rings. The van der Waals surface area contributed by atoms with Crippen molar-refractivity contribution in [2.75, 3.05) is 6.54 Å². The van der Waals surface area contributed by atoms with Crippen molar-refractivity contribution in [1.29, 1.82) is 0 Å². The van der Waals surface area contributed by atoms with Crippen molar-refractivity contribution in [2.24, 2.45) is 5.92 Å². The Bertz CT molecular complexity index is 518. The standard InChI is InChI=1S/C15H21FN2O3/c1-9(2)7-18-14(19)10(3)17-8-12-6-11(15(20)21)4-5-13(12)16/h4-6,9-10,17H,7-8H2,1-3H3,(H,18,19)(H,20,21). The van der Waals surface area contributed by atoms with E-state index in [-0.39, 0.29) is 23.6 Å². The molecule has 1 atom stereocenters. The van der Waals surface area contributed by atoms with E-state index in [4.69, 9.17) is 5.11 Å². The summed E-state index contributed by atoms with van der Waals surface area (Å²) in [7, 11) is 0. The van der Waals surface area contributed by atoms with E-state index in [2.05, 4.69) is 10.6 Å². The maximum Gasteiger partial charge on any atom is 0.335 e. The number of aromatic carboxylic acids is 1. The Kier molecular flexibility index (Phi) is 6.30. The predicted molar refractivity (Wildman–Crippen MR) is 77.5 cm³/mol. The van der Waals surface area contributed by atoms with Crippen molar-refractivity contribution >= 4 is 11.9 Å². The van der Waals surface area contributed by atoms with E-state index >= 15 is 0 Å². The highest BCUT2D eigenvalue weighted by atomic mass is 19.1. The maximum atomic E-state index is 13.6. The van der Waals surface area contributed by atoms with E-state index in [1.54, 1.807) is 6.92 Å². The van der Waals surface area contributed by atoms with Crippen molar-refractivity contribution in [3.8, 4) is 0 Å². The summed E-state index contributed by atoms with van der Waals surface area (Å²) in [6.45, 7) is 6.32. The monoisotopic (exact) mass is 296 g/mol. The number of halogens is 1. The quantitative estimate of drug-likeness (QED) is 0.716. The van der Waals surface area contributed by atoms with Crippen molar-refractivity contribution in [2.45, 2.75) is 33.4 Å². The van der Waals surface area contributed by atoms with Crippen LogP contribution in [0.2, 0.25) is 0 Å². The van der Waals surface area contributed by atoms with Crippen molar-refractivity contribution < 1.29 is 19.1 Å². The Hall–Kier alpha value is -1.95. The lowest BCUT2D eigenvalue weighted by Crippen LogP contribution is -2.43. The number of hydrogen-bond donors (Lipinski definition) is 3. The van der Waals surface area contributed by atoms with Gasteiger partial charge in [-0.05, 0) is 31.0 Å². The van der Waals surface area contributed by atoms with Crippen LogP contribution in [0.4, 0.5) is 4.39 Å². The van der Waals surface area contributed by atoms with Gasteiger partial charge in [0, 0.05) is 18.7 Å². The van der Waals surface area contributed by atoms with Crippen LogP contribution >= 0.6 is 0 Å². The van der Waals surface area contributed by atoms with Gasteiger partial charge in [-0.2, -0.15) is 0 Å². The van der Waals surface area contributed by atoms with Gasteiger partial charge in [0.1, 0.15) is 5.82 Å². The van der Waals surface area contributed by atoms with Crippen LogP contribution in [0, 0.1) is 11.7 Å². The highest BCUT2D eigenvalue weighted by Gasteiger charge is 2.14. The van der Waals surface area contributed by atoms with E-state index < -0.39 is 17.8 Å². The molecule has 0 aliphatic carbocycles. The number of nitrogens with one attached hydrogen (secondary N) is 2. The number of carbonyl (C=O) groups is 2. The van der Waals surface area contributed by atoms with Crippen LogP contribution in [0.5, 0.6) is 0 Å². The molecule has 0 aliphatic heterocycles. The second-order valence-electron chi connectivity index (χ2n) is 5.35. The molecule has 0 bridgehead atoms. The van der Waals surface area contributed by atoms with Gasteiger partial charge in [-0.25, -0.2) is 9.18 Å². The largest absolute Gasteiger partial charge is 0.478 e. The van der Waals surface area contributed by atoms with Crippen LogP contribution in [0.1, 0.15) is 36.7 Å².